The molecule has 2 aliphatic heterocycles. The Morgan fingerprint density at radius 3 is 2.95 bits per heavy atom. The number of carbonyl (C=O) groups is 1. The third-order valence-electron chi connectivity index (χ3n) is 4.14. The number of carbonyl (C=O) groups excluding carboxylic acids is 1. The van der Waals surface area contributed by atoms with E-state index in [0.29, 0.717) is 12.6 Å². The Balaban J connectivity index is 1.84. The van der Waals surface area contributed by atoms with Crippen molar-refractivity contribution < 1.29 is 19.0 Å². The molecule has 2 saturated heterocycles. The number of rotatable bonds is 4. The predicted molar refractivity (Wildman–Crippen MR) is 70.7 cm³/mol. The molecule has 3 unspecified atom stereocenters. The molecule has 0 N–H and O–H groups in total. The Hall–Kier alpha value is -0.650. The summed E-state index contributed by atoms with van der Waals surface area (Å²) >= 11 is 0. The largest absolute Gasteiger partial charge is 0.469 e. The van der Waals surface area contributed by atoms with Crippen molar-refractivity contribution in [3.05, 3.63) is 0 Å². The third-order valence-corrected chi connectivity index (χ3v) is 4.14. The summed E-state index contributed by atoms with van der Waals surface area (Å²) < 4.78 is 16.4. The van der Waals surface area contributed by atoms with Crippen LogP contribution in [0.25, 0.3) is 0 Å². The van der Waals surface area contributed by atoms with Crippen molar-refractivity contribution >= 4 is 5.97 Å². The highest BCUT2D eigenvalue weighted by Gasteiger charge is 2.40. The summed E-state index contributed by atoms with van der Waals surface area (Å²) in [5.74, 6) is -0.803. The molecule has 110 valence electrons. The SMILES string of the molecule is COC(=O)CC1COC(C)(CC2CCCCN2C)O1. The molecule has 0 spiro atoms. The van der Waals surface area contributed by atoms with Crippen LogP contribution < -0.4 is 0 Å². The molecular formula is C14H25NO4. The number of piperidine rings is 1. The lowest BCUT2D eigenvalue weighted by Gasteiger charge is -2.37. The van der Waals surface area contributed by atoms with Gasteiger partial charge in [-0.15, -0.1) is 0 Å². The first kappa shape index (κ1) is 14.8. The number of ether oxygens (including phenoxy) is 3. The van der Waals surface area contributed by atoms with Crippen LogP contribution in [0.15, 0.2) is 0 Å². The predicted octanol–water partition coefficient (Wildman–Crippen LogP) is 1.56. The van der Waals surface area contributed by atoms with Crippen molar-refractivity contribution in [1.29, 1.82) is 0 Å². The number of likely N-dealkylation sites (tertiary alicyclic amines) is 1. The maximum absolute atomic E-state index is 11.3. The second-order valence-corrected chi connectivity index (χ2v) is 5.80. The molecule has 0 radical (unpaired) electrons. The van der Waals surface area contributed by atoms with Crippen molar-refractivity contribution in [3.63, 3.8) is 0 Å². The number of nitrogens with zero attached hydrogens (tertiary/aromatic N) is 1. The molecule has 19 heavy (non-hydrogen) atoms. The standard InChI is InChI=1S/C14H25NO4/c1-14(9-11-6-4-5-7-15(11)2)18-10-12(19-14)8-13(16)17-3/h11-12H,4-10H2,1-3H3. The minimum atomic E-state index is -0.561. The van der Waals surface area contributed by atoms with Crippen LogP contribution in [0.5, 0.6) is 0 Å². The first-order chi connectivity index (χ1) is 9.02. The van der Waals surface area contributed by atoms with Gasteiger partial charge in [0.1, 0.15) is 0 Å². The quantitative estimate of drug-likeness (QED) is 0.726. The fourth-order valence-corrected chi connectivity index (χ4v) is 3.00. The summed E-state index contributed by atoms with van der Waals surface area (Å²) in [5.41, 5.74) is 0. The van der Waals surface area contributed by atoms with E-state index in [2.05, 4.69) is 16.7 Å². The zero-order chi connectivity index (χ0) is 13.9. The molecule has 2 aliphatic rings. The summed E-state index contributed by atoms with van der Waals surface area (Å²) in [7, 11) is 3.56. The van der Waals surface area contributed by atoms with Gasteiger partial charge in [-0.1, -0.05) is 6.42 Å². The molecule has 3 atom stereocenters. The van der Waals surface area contributed by atoms with E-state index in [1.54, 1.807) is 0 Å². The molecule has 2 fully saturated rings. The maximum Gasteiger partial charge on any atom is 0.308 e. The van der Waals surface area contributed by atoms with Crippen molar-refractivity contribution in [3.8, 4) is 0 Å². The summed E-state index contributed by atoms with van der Waals surface area (Å²) in [5, 5.41) is 0. The van der Waals surface area contributed by atoms with Crippen LogP contribution in [0, 0.1) is 0 Å². The van der Waals surface area contributed by atoms with E-state index in [1.165, 1.54) is 26.4 Å². The summed E-state index contributed by atoms with van der Waals surface area (Å²) in [6.07, 6.45) is 4.70. The smallest absolute Gasteiger partial charge is 0.308 e. The number of hydrogen-bond donors (Lipinski definition) is 0. The summed E-state index contributed by atoms with van der Waals surface area (Å²) in [6, 6.07) is 0.510. The fourth-order valence-electron chi connectivity index (χ4n) is 3.00. The molecule has 2 heterocycles. The van der Waals surface area contributed by atoms with E-state index in [4.69, 9.17) is 9.47 Å². The second-order valence-electron chi connectivity index (χ2n) is 5.80. The van der Waals surface area contributed by atoms with Crippen LogP contribution in [-0.4, -0.2) is 56.1 Å². The minimum Gasteiger partial charge on any atom is -0.469 e. The van der Waals surface area contributed by atoms with Gasteiger partial charge in [0.25, 0.3) is 0 Å². The molecule has 0 aromatic rings. The van der Waals surface area contributed by atoms with Gasteiger partial charge < -0.3 is 19.1 Å². The minimum absolute atomic E-state index is 0.175. The lowest BCUT2D eigenvalue weighted by Crippen LogP contribution is -2.42. The van der Waals surface area contributed by atoms with Crippen molar-refractivity contribution in [2.24, 2.45) is 0 Å². The van der Waals surface area contributed by atoms with Gasteiger partial charge >= 0.3 is 5.97 Å². The highest BCUT2D eigenvalue weighted by Crippen LogP contribution is 2.33. The topological polar surface area (TPSA) is 48.0 Å². The van der Waals surface area contributed by atoms with E-state index >= 15 is 0 Å². The molecule has 0 aliphatic carbocycles. The Bertz CT molecular complexity index is 323. The Morgan fingerprint density at radius 2 is 2.26 bits per heavy atom. The maximum atomic E-state index is 11.3. The van der Waals surface area contributed by atoms with Gasteiger partial charge in [0.15, 0.2) is 5.79 Å². The Kier molecular flexibility index (Phi) is 4.81. The zero-order valence-corrected chi connectivity index (χ0v) is 12.2. The molecule has 0 bridgehead atoms. The van der Waals surface area contributed by atoms with E-state index in [9.17, 15) is 4.79 Å². The normalized spacial score (nSPS) is 36.4. The molecule has 0 aromatic heterocycles. The van der Waals surface area contributed by atoms with Gasteiger partial charge in [-0.25, -0.2) is 0 Å². The van der Waals surface area contributed by atoms with Crippen LogP contribution in [0.1, 0.15) is 39.0 Å². The molecule has 5 nitrogen and oxygen atoms in total. The van der Waals surface area contributed by atoms with E-state index < -0.39 is 5.79 Å². The van der Waals surface area contributed by atoms with Gasteiger partial charge in [-0.3, -0.25) is 4.79 Å². The zero-order valence-electron chi connectivity index (χ0n) is 12.2. The molecule has 0 aromatic carbocycles. The van der Waals surface area contributed by atoms with Crippen LogP contribution in [-0.2, 0) is 19.0 Å². The number of methoxy groups -OCH3 is 1. The second kappa shape index (κ2) is 6.20. The lowest BCUT2D eigenvalue weighted by molar-refractivity contribution is -0.172. The first-order valence-corrected chi connectivity index (χ1v) is 7.11. The fraction of sp³-hybridized carbons (Fsp3) is 0.929. The van der Waals surface area contributed by atoms with Gasteiger partial charge in [0.2, 0.25) is 0 Å². The van der Waals surface area contributed by atoms with E-state index in [0.717, 1.165) is 13.0 Å². The van der Waals surface area contributed by atoms with Crippen LogP contribution >= 0.6 is 0 Å². The molecule has 5 heteroatoms. The van der Waals surface area contributed by atoms with Crippen molar-refractivity contribution in [2.75, 3.05) is 27.3 Å². The average molecular weight is 271 g/mol. The van der Waals surface area contributed by atoms with Gasteiger partial charge in [-0.05, 0) is 33.4 Å². The number of hydrogen-bond acceptors (Lipinski definition) is 5. The van der Waals surface area contributed by atoms with Gasteiger partial charge in [0, 0.05) is 12.5 Å². The number of esters is 1. The Morgan fingerprint density at radius 1 is 1.47 bits per heavy atom. The van der Waals surface area contributed by atoms with E-state index in [1.807, 2.05) is 6.92 Å². The van der Waals surface area contributed by atoms with Crippen LogP contribution in [0.4, 0.5) is 0 Å². The molecule has 0 saturated carbocycles. The highest BCUT2D eigenvalue weighted by atomic mass is 16.7. The van der Waals surface area contributed by atoms with Crippen LogP contribution in [0.2, 0.25) is 0 Å². The summed E-state index contributed by atoms with van der Waals surface area (Å²) in [4.78, 5) is 13.6. The first-order valence-electron chi connectivity index (χ1n) is 7.11. The van der Waals surface area contributed by atoms with Crippen LogP contribution in [0.3, 0.4) is 0 Å². The van der Waals surface area contributed by atoms with Crippen molar-refractivity contribution in [1.82, 2.24) is 4.90 Å². The monoisotopic (exact) mass is 271 g/mol. The lowest BCUT2D eigenvalue weighted by atomic mass is 9.96. The van der Waals surface area contributed by atoms with Gasteiger partial charge in [0.05, 0.1) is 26.2 Å². The van der Waals surface area contributed by atoms with E-state index in [-0.39, 0.29) is 18.5 Å². The third kappa shape index (κ3) is 3.91. The molecule has 2 rings (SSSR count). The molecule has 0 amide bonds. The van der Waals surface area contributed by atoms with Crippen molar-refractivity contribution in [2.45, 2.75) is 57.0 Å². The average Bonchev–Trinajstić information content (AvgIpc) is 2.73. The molecular weight excluding hydrogens is 246 g/mol. The highest BCUT2D eigenvalue weighted by molar-refractivity contribution is 5.69. The van der Waals surface area contributed by atoms with Gasteiger partial charge in [-0.2, -0.15) is 0 Å². The summed E-state index contributed by atoms with van der Waals surface area (Å²) in [6.45, 7) is 3.60. The Labute approximate surface area is 115 Å².